The Morgan fingerprint density at radius 2 is 1.72 bits per heavy atom. The number of ether oxygens (including phenoxy) is 1. The molecule has 2 aromatic rings. The van der Waals surface area contributed by atoms with Gasteiger partial charge in [0.1, 0.15) is 11.6 Å². The van der Waals surface area contributed by atoms with Gasteiger partial charge in [-0.1, -0.05) is 43.9 Å². The molecule has 5 rings (SSSR count). The molecule has 1 saturated carbocycles. The molecule has 1 amide bonds. The number of anilines is 2. The molecule has 0 N–H and O–H groups in total. The number of nitrogens with zero attached hydrogens (tertiary/aromatic N) is 3. The van der Waals surface area contributed by atoms with E-state index in [1.165, 1.54) is 54.6 Å². The number of hydrogen-bond donors (Lipinski definition) is 0. The molecule has 0 bridgehead atoms. The zero-order valence-electron chi connectivity index (χ0n) is 21.8. The Labute approximate surface area is 215 Å². The van der Waals surface area contributed by atoms with Crippen molar-refractivity contribution in [2.45, 2.75) is 64.3 Å². The van der Waals surface area contributed by atoms with Gasteiger partial charge in [-0.2, -0.15) is 0 Å². The van der Waals surface area contributed by atoms with Crippen LogP contribution in [-0.4, -0.2) is 50.6 Å². The average Bonchev–Trinajstić information content (AvgIpc) is 3.21. The van der Waals surface area contributed by atoms with Crippen LogP contribution in [0.2, 0.25) is 0 Å². The fraction of sp³-hybridized carbons (Fsp3) is 0.567. The Kier molecular flexibility index (Phi) is 7.80. The third kappa shape index (κ3) is 5.10. The van der Waals surface area contributed by atoms with Crippen LogP contribution in [0.4, 0.5) is 15.8 Å². The number of rotatable bonds is 5. The van der Waals surface area contributed by atoms with Crippen LogP contribution >= 0.6 is 0 Å². The minimum absolute atomic E-state index is 0.177. The first-order valence-electron chi connectivity index (χ1n) is 13.8. The maximum atomic E-state index is 13.8. The van der Waals surface area contributed by atoms with Crippen LogP contribution in [-0.2, 0) is 11.2 Å². The third-order valence-corrected chi connectivity index (χ3v) is 8.51. The molecule has 6 heteroatoms. The molecule has 1 atom stereocenters. The van der Waals surface area contributed by atoms with Crippen molar-refractivity contribution in [3.8, 4) is 5.75 Å². The lowest BCUT2D eigenvalue weighted by molar-refractivity contribution is -0.122. The van der Waals surface area contributed by atoms with Gasteiger partial charge in [0.05, 0.1) is 18.5 Å². The molecule has 1 aliphatic carbocycles. The van der Waals surface area contributed by atoms with E-state index in [4.69, 9.17) is 4.74 Å². The monoisotopic (exact) mass is 493 g/mol. The summed E-state index contributed by atoms with van der Waals surface area (Å²) in [7, 11) is 1.59. The molecule has 1 unspecified atom stereocenters. The first-order chi connectivity index (χ1) is 17.6. The summed E-state index contributed by atoms with van der Waals surface area (Å²) < 4.78 is 19.1. The van der Waals surface area contributed by atoms with E-state index in [1.54, 1.807) is 7.11 Å². The van der Waals surface area contributed by atoms with Crippen molar-refractivity contribution < 1.29 is 13.9 Å². The SMILES string of the molecule is COc1cc(F)ccc1N1CCN(C(C)c2cccc3c2N(C(=O)C2CCCCCC2)CCC3)CC1. The molecule has 3 aliphatic rings. The van der Waals surface area contributed by atoms with Gasteiger partial charge in [-0.3, -0.25) is 9.69 Å². The summed E-state index contributed by atoms with van der Waals surface area (Å²) in [5.41, 5.74) is 4.74. The molecule has 1 saturated heterocycles. The van der Waals surface area contributed by atoms with Crippen LogP contribution in [0, 0.1) is 11.7 Å². The van der Waals surface area contributed by atoms with Crippen molar-refractivity contribution in [1.82, 2.24) is 4.90 Å². The summed E-state index contributed by atoms with van der Waals surface area (Å²) in [5.74, 6) is 0.836. The van der Waals surface area contributed by atoms with Crippen molar-refractivity contribution in [2.75, 3.05) is 49.6 Å². The minimum atomic E-state index is -0.278. The van der Waals surface area contributed by atoms with Crippen molar-refractivity contribution >= 4 is 17.3 Å². The number of halogens is 1. The lowest BCUT2D eigenvalue weighted by atomic mass is 9.91. The van der Waals surface area contributed by atoms with Gasteiger partial charge >= 0.3 is 0 Å². The third-order valence-electron chi connectivity index (χ3n) is 8.51. The van der Waals surface area contributed by atoms with Crippen LogP contribution < -0.4 is 14.5 Å². The second kappa shape index (κ2) is 11.2. The Morgan fingerprint density at radius 1 is 0.972 bits per heavy atom. The van der Waals surface area contributed by atoms with Crippen molar-refractivity contribution in [1.29, 1.82) is 0 Å². The van der Waals surface area contributed by atoms with E-state index in [0.717, 1.165) is 64.1 Å². The second-order valence-electron chi connectivity index (χ2n) is 10.7. The standard InChI is InChI=1S/C30H40FN3O2/c1-22(32-17-19-33(20-18-32)27-15-14-25(31)21-28(27)36-2)26-13-7-11-23-12-8-16-34(29(23)26)30(35)24-9-5-3-4-6-10-24/h7,11,13-15,21-22,24H,3-6,8-10,12,16-20H2,1-2H3. The normalized spacial score (nSPS) is 20.5. The Balaban J connectivity index is 1.34. The summed E-state index contributed by atoms with van der Waals surface area (Å²) in [4.78, 5) is 20.7. The number of carbonyl (C=O) groups excluding carboxylic acids is 1. The number of fused-ring (bicyclic) bond motifs is 1. The molecular weight excluding hydrogens is 453 g/mol. The Morgan fingerprint density at radius 3 is 2.44 bits per heavy atom. The smallest absolute Gasteiger partial charge is 0.230 e. The van der Waals surface area contributed by atoms with Crippen LogP contribution in [0.15, 0.2) is 36.4 Å². The molecule has 0 aromatic heterocycles. The largest absolute Gasteiger partial charge is 0.494 e. The topological polar surface area (TPSA) is 36.0 Å². The predicted molar refractivity (Wildman–Crippen MR) is 143 cm³/mol. The molecule has 0 spiro atoms. The van der Waals surface area contributed by atoms with Crippen molar-refractivity contribution in [3.63, 3.8) is 0 Å². The fourth-order valence-corrected chi connectivity index (χ4v) is 6.45. The number of carbonyl (C=O) groups is 1. The van der Waals surface area contributed by atoms with Gasteiger partial charge < -0.3 is 14.5 Å². The second-order valence-corrected chi connectivity index (χ2v) is 10.7. The summed E-state index contributed by atoms with van der Waals surface area (Å²) in [6.07, 6.45) is 9.05. The van der Waals surface area contributed by atoms with Crippen molar-refractivity contribution in [2.24, 2.45) is 5.92 Å². The van der Waals surface area contributed by atoms with Crippen LogP contribution in [0.3, 0.4) is 0 Å². The maximum Gasteiger partial charge on any atom is 0.230 e. The van der Waals surface area contributed by atoms with E-state index in [2.05, 4.69) is 39.8 Å². The molecule has 5 nitrogen and oxygen atoms in total. The van der Waals surface area contributed by atoms with Gasteiger partial charge in [-0.15, -0.1) is 0 Å². The first kappa shape index (κ1) is 25.1. The van der Waals surface area contributed by atoms with Crippen LogP contribution in [0.1, 0.15) is 69.0 Å². The van der Waals surface area contributed by atoms with E-state index in [1.807, 2.05) is 6.07 Å². The zero-order chi connectivity index (χ0) is 25.1. The number of hydrogen-bond acceptors (Lipinski definition) is 4. The number of piperazine rings is 1. The van der Waals surface area contributed by atoms with Crippen molar-refractivity contribution in [3.05, 3.63) is 53.3 Å². The van der Waals surface area contributed by atoms with Gasteiger partial charge in [0.2, 0.25) is 5.91 Å². The first-order valence-corrected chi connectivity index (χ1v) is 13.8. The molecule has 2 aliphatic heterocycles. The summed E-state index contributed by atoms with van der Waals surface area (Å²) in [6, 6.07) is 11.6. The number of amides is 1. The fourth-order valence-electron chi connectivity index (χ4n) is 6.45. The highest BCUT2D eigenvalue weighted by Gasteiger charge is 2.33. The number of benzene rings is 2. The van der Waals surface area contributed by atoms with E-state index >= 15 is 0 Å². The van der Waals surface area contributed by atoms with Crippen LogP contribution in [0.25, 0.3) is 0 Å². The Hall–Kier alpha value is -2.60. The highest BCUT2D eigenvalue weighted by Crippen LogP contribution is 2.39. The van der Waals surface area contributed by atoms with E-state index in [-0.39, 0.29) is 17.8 Å². The summed E-state index contributed by atoms with van der Waals surface area (Å²) in [6.45, 7) is 6.64. The molecule has 36 heavy (non-hydrogen) atoms. The quantitative estimate of drug-likeness (QED) is 0.481. The molecule has 2 fully saturated rings. The lowest BCUT2D eigenvalue weighted by Gasteiger charge is -2.41. The highest BCUT2D eigenvalue weighted by molar-refractivity contribution is 5.97. The van der Waals surface area contributed by atoms with Gasteiger partial charge in [0.15, 0.2) is 0 Å². The van der Waals surface area contributed by atoms with Crippen LogP contribution in [0.5, 0.6) is 5.75 Å². The predicted octanol–water partition coefficient (Wildman–Crippen LogP) is 5.97. The molecule has 0 radical (unpaired) electrons. The van der Waals surface area contributed by atoms with Gasteiger partial charge in [-0.25, -0.2) is 4.39 Å². The number of methoxy groups -OCH3 is 1. The summed E-state index contributed by atoms with van der Waals surface area (Å²) >= 11 is 0. The minimum Gasteiger partial charge on any atom is -0.494 e. The van der Waals surface area contributed by atoms with E-state index < -0.39 is 0 Å². The average molecular weight is 494 g/mol. The van der Waals surface area contributed by atoms with E-state index in [0.29, 0.717) is 11.7 Å². The zero-order valence-corrected chi connectivity index (χ0v) is 21.8. The molecule has 2 aromatic carbocycles. The van der Waals surface area contributed by atoms with Gasteiger partial charge in [0.25, 0.3) is 0 Å². The highest BCUT2D eigenvalue weighted by atomic mass is 19.1. The van der Waals surface area contributed by atoms with Gasteiger partial charge in [0, 0.05) is 50.7 Å². The number of para-hydroxylation sites is 1. The lowest BCUT2D eigenvalue weighted by Crippen LogP contribution is -2.48. The molecule has 2 heterocycles. The maximum absolute atomic E-state index is 13.8. The molecular formula is C30H40FN3O2. The Bertz CT molecular complexity index is 1060. The summed E-state index contributed by atoms with van der Waals surface area (Å²) in [5, 5.41) is 0. The van der Waals surface area contributed by atoms with E-state index in [9.17, 15) is 9.18 Å². The number of aryl methyl sites for hydroxylation is 1. The van der Waals surface area contributed by atoms with Gasteiger partial charge in [-0.05, 0) is 55.9 Å². The molecule has 194 valence electrons.